The highest BCUT2D eigenvalue weighted by atomic mass is 16.5. The number of aliphatic carboxylic acids is 1. The van der Waals surface area contributed by atoms with Crippen molar-refractivity contribution in [2.45, 2.75) is 84.4 Å². The van der Waals surface area contributed by atoms with Gasteiger partial charge in [-0.05, 0) is 53.4 Å². The van der Waals surface area contributed by atoms with Gasteiger partial charge in [-0.3, -0.25) is 10.1 Å². The van der Waals surface area contributed by atoms with Gasteiger partial charge in [0.05, 0.1) is 5.60 Å². The van der Waals surface area contributed by atoms with Crippen molar-refractivity contribution in [2.75, 3.05) is 6.61 Å². The second kappa shape index (κ2) is 7.85. The number of rotatable bonds is 10. The SMILES string of the molecule is CCC(C)(C)OCCCC(CC)(NC(C)C)C(=O)O. The van der Waals surface area contributed by atoms with Gasteiger partial charge in [-0.2, -0.15) is 0 Å². The average Bonchev–Trinajstić information content (AvgIpc) is 2.32. The fraction of sp³-hybridized carbons (Fsp3) is 0.933. The number of hydrogen-bond acceptors (Lipinski definition) is 3. The monoisotopic (exact) mass is 273 g/mol. The highest BCUT2D eigenvalue weighted by Gasteiger charge is 2.36. The fourth-order valence-electron chi connectivity index (χ4n) is 2.05. The van der Waals surface area contributed by atoms with E-state index in [1.807, 2.05) is 20.8 Å². The lowest BCUT2D eigenvalue weighted by molar-refractivity contribution is -0.146. The second-order valence-corrected chi connectivity index (χ2v) is 6.11. The molecule has 4 heteroatoms. The Morgan fingerprint density at radius 1 is 1.26 bits per heavy atom. The number of nitrogens with one attached hydrogen (secondary N) is 1. The van der Waals surface area contributed by atoms with E-state index in [-0.39, 0.29) is 11.6 Å². The van der Waals surface area contributed by atoms with Crippen molar-refractivity contribution in [3.8, 4) is 0 Å². The van der Waals surface area contributed by atoms with Crippen LogP contribution in [0.3, 0.4) is 0 Å². The molecule has 0 fully saturated rings. The minimum atomic E-state index is -0.826. The maximum absolute atomic E-state index is 11.5. The Balaban J connectivity index is 4.39. The molecule has 114 valence electrons. The molecule has 0 saturated carbocycles. The summed E-state index contributed by atoms with van der Waals surface area (Å²) in [7, 11) is 0. The van der Waals surface area contributed by atoms with Crippen molar-refractivity contribution >= 4 is 5.97 Å². The Hall–Kier alpha value is -0.610. The number of carboxylic acids is 1. The molecule has 0 aromatic heterocycles. The lowest BCUT2D eigenvalue weighted by atomic mass is 9.89. The van der Waals surface area contributed by atoms with Gasteiger partial charge < -0.3 is 9.84 Å². The zero-order valence-electron chi connectivity index (χ0n) is 13.4. The molecule has 0 spiro atoms. The summed E-state index contributed by atoms with van der Waals surface area (Å²) in [4.78, 5) is 11.5. The Morgan fingerprint density at radius 3 is 2.21 bits per heavy atom. The fourth-order valence-corrected chi connectivity index (χ4v) is 2.05. The minimum absolute atomic E-state index is 0.121. The van der Waals surface area contributed by atoms with Gasteiger partial charge >= 0.3 is 5.97 Å². The first-order valence-corrected chi connectivity index (χ1v) is 7.34. The molecule has 0 saturated heterocycles. The molecule has 4 nitrogen and oxygen atoms in total. The predicted octanol–water partition coefficient (Wildman–Crippen LogP) is 3.20. The summed E-state index contributed by atoms with van der Waals surface area (Å²) in [5.41, 5.74) is -0.947. The van der Waals surface area contributed by atoms with E-state index in [2.05, 4.69) is 26.1 Å². The van der Waals surface area contributed by atoms with Crippen molar-refractivity contribution < 1.29 is 14.6 Å². The summed E-state index contributed by atoms with van der Waals surface area (Å²) < 4.78 is 5.78. The molecule has 0 bridgehead atoms. The van der Waals surface area contributed by atoms with Gasteiger partial charge in [0.15, 0.2) is 0 Å². The molecule has 1 atom stereocenters. The number of carboxylic acid groups (broad SMARTS) is 1. The zero-order valence-corrected chi connectivity index (χ0v) is 13.4. The summed E-state index contributed by atoms with van der Waals surface area (Å²) in [5.74, 6) is -0.765. The molecule has 0 amide bonds. The molecule has 0 rings (SSSR count). The quantitative estimate of drug-likeness (QED) is 0.600. The van der Waals surface area contributed by atoms with Gasteiger partial charge in [0.2, 0.25) is 0 Å². The van der Waals surface area contributed by atoms with E-state index in [9.17, 15) is 9.90 Å². The minimum Gasteiger partial charge on any atom is -0.480 e. The lowest BCUT2D eigenvalue weighted by Crippen LogP contribution is -2.54. The van der Waals surface area contributed by atoms with E-state index >= 15 is 0 Å². The molecular formula is C15H31NO3. The second-order valence-electron chi connectivity index (χ2n) is 6.11. The topological polar surface area (TPSA) is 58.6 Å². The maximum Gasteiger partial charge on any atom is 0.323 e. The lowest BCUT2D eigenvalue weighted by Gasteiger charge is -2.32. The van der Waals surface area contributed by atoms with Crippen LogP contribution in [-0.2, 0) is 9.53 Å². The number of ether oxygens (including phenoxy) is 1. The first-order valence-electron chi connectivity index (χ1n) is 7.34. The van der Waals surface area contributed by atoms with Gasteiger partial charge in [0, 0.05) is 12.6 Å². The molecule has 0 heterocycles. The molecule has 0 aliphatic carbocycles. The van der Waals surface area contributed by atoms with Gasteiger partial charge in [-0.1, -0.05) is 13.8 Å². The molecule has 0 aliphatic rings. The highest BCUT2D eigenvalue weighted by Crippen LogP contribution is 2.21. The number of carbonyl (C=O) groups is 1. The molecule has 1 unspecified atom stereocenters. The van der Waals surface area contributed by atoms with E-state index in [0.717, 1.165) is 12.8 Å². The Kier molecular flexibility index (Phi) is 7.60. The molecule has 0 aliphatic heterocycles. The van der Waals surface area contributed by atoms with E-state index < -0.39 is 11.5 Å². The van der Waals surface area contributed by atoms with Gasteiger partial charge in [-0.25, -0.2) is 0 Å². The van der Waals surface area contributed by atoms with Gasteiger partial charge in [0.1, 0.15) is 5.54 Å². The van der Waals surface area contributed by atoms with Crippen molar-refractivity contribution in [1.29, 1.82) is 0 Å². The predicted molar refractivity (Wildman–Crippen MR) is 78.5 cm³/mol. The van der Waals surface area contributed by atoms with Crippen LogP contribution in [0.2, 0.25) is 0 Å². The van der Waals surface area contributed by atoms with Crippen LogP contribution in [0, 0.1) is 0 Å². The maximum atomic E-state index is 11.5. The third kappa shape index (κ3) is 6.39. The third-order valence-corrected chi connectivity index (χ3v) is 3.67. The average molecular weight is 273 g/mol. The Labute approximate surface area is 117 Å². The first kappa shape index (κ1) is 18.4. The largest absolute Gasteiger partial charge is 0.480 e. The molecule has 0 aromatic carbocycles. The van der Waals surface area contributed by atoms with Crippen molar-refractivity contribution in [2.24, 2.45) is 0 Å². The van der Waals surface area contributed by atoms with E-state index in [4.69, 9.17) is 4.74 Å². The van der Waals surface area contributed by atoms with Crippen LogP contribution in [0.15, 0.2) is 0 Å². The summed E-state index contributed by atoms with van der Waals surface area (Å²) in [6.07, 6.45) is 2.88. The molecule has 0 radical (unpaired) electrons. The van der Waals surface area contributed by atoms with E-state index in [1.54, 1.807) is 0 Å². The summed E-state index contributed by atoms with van der Waals surface area (Å²) in [6.45, 7) is 12.7. The normalized spacial score (nSPS) is 15.5. The van der Waals surface area contributed by atoms with Crippen molar-refractivity contribution in [3.05, 3.63) is 0 Å². The molecule has 2 N–H and O–H groups in total. The van der Waals surface area contributed by atoms with Gasteiger partial charge in [-0.15, -0.1) is 0 Å². The molecular weight excluding hydrogens is 242 g/mol. The first-order chi connectivity index (χ1) is 8.69. The van der Waals surface area contributed by atoms with Crippen molar-refractivity contribution in [1.82, 2.24) is 5.32 Å². The number of hydrogen-bond donors (Lipinski definition) is 2. The van der Waals surface area contributed by atoms with Crippen LogP contribution in [0.25, 0.3) is 0 Å². The van der Waals surface area contributed by atoms with Crippen LogP contribution in [0.1, 0.15) is 67.2 Å². The van der Waals surface area contributed by atoms with Crippen LogP contribution in [-0.4, -0.2) is 34.9 Å². The molecule has 19 heavy (non-hydrogen) atoms. The summed E-state index contributed by atoms with van der Waals surface area (Å²) >= 11 is 0. The Morgan fingerprint density at radius 2 is 1.84 bits per heavy atom. The zero-order chi connectivity index (χ0) is 15.1. The van der Waals surface area contributed by atoms with Crippen LogP contribution in [0.4, 0.5) is 0 Å². The van der Waals surface area contributed by atoms with Crippen LogP contribution < -0.4 is 5.32 Å². The van der Waals surface area contributed by atoms with Crippen LogP contribution >= 0.6 is 0 Å². The van der Waals surface area contributed by atoms with E-state index in [1.165, 1.54) is 0 Å². The summed E-state index contributed by atoms with van der Waals surface area (Å²) in [6, 6.07) is 0.157. The van der Waals surface area contributed by atoms with Gasteiger partial charge in [0.25, 0.3) is 0 Å². The van der Waals surface area contributed by atoms with Crippen molar-refractivity contribution in [3.63, 3.8) is 0 Å². The van der Waals surface area contributed by atoms with Crippen LogP contribution in [0.5, 0.6) is 0 Å². The molecule has 0 aromatic rings. The van der Waals surface area contributed by atoms with E-state index in [0.29, 0.717) is 19.4 Å². The smallest absolute Gasteiger partial charge is 0.323 e. The third-order valence-electron chi connectivity index (χ3n) is 3.67. The highest BCUT2D eigenvalue weighted by molar-refractivity contribution is 5.78. The Bertz CT molecular complexity index is 277. The standard InChI is InChI=1S/C15H31NO3/c1-7-14(5,6)19-11-9-10-15(8-2,13(17)18)16-12(3)4/h12,16H,7-11H2,1-6H3,(H,17,18). The summed E-state index contributed by atoms with van der Waals surface area (Å²) in [5, 5.41) is 12.7.